The van der Waals surface area contributed by atoms with E-state index in [4.69, 9.17) is 16.3 Å². The quantitative estimate of drug-likeness (QED) is 0.659. The Morgan fingerprint density at radius 3 is 2.68 bits per heavy atom. The zero-order chi connectivity index (χ0) is 13.5. The summed E-state index contributed by atoms with van der Waals surface area (Å²) >= 11 is 6.03. The van der Waals surface area contributed by atoms with Gasteiger partial charge in [-0.25, -0.2) is 9.97 Å². The average Bonchev–Trinajstić information content (AvgIpc) is 2.64. The van der Waals surface area contributed by atoms with Crippen molar-refractivity contribution in [2.24, 2.45) is 0 Å². The minimum absolute atomic E-state index is 0.413. The van der Waals surface area contributed by atoms with E-state index in [0.717, 1.165) is 5.82 Å². The third-order valence-corrected chi connectivity index (χ3v) is 3.58. The SMILES string of the molecule is CCOCc1nc(Cl)cc(NC2CCCCCC2)n1. The van der Waals surface area contributed by atoms with Crippen LogP contribution in [0.1, 0.15) is 51.3 Å². The molecule has 1 fully saturated rings. The number of anilines is 1. The van der Waals surface area contributed by atoms with Crippen LogP contribution < -0.4 is 5.32 Å². The Balaban J connectivity index is 1.99. The van der Waals surface area contributed by atoms with Gasteiger partial charge >= 0.3 is 0 Å². The third-order valence-electron chi connectivity index (χ3n) is 3.38. The van der Waals surface area contributed by atoms with Gasteiger partial charge in [-0.3, -0.25) is 0 Å². The van der Waals surface area contributed by atoms with Crippen molar-refractivity contribution in [1.82, 2.24) is 9.97 Å². The van der Waals surface area contributed by atoms with Crippen molar-refractivity contribution in [3.8, 4) is 0 Å². The van der Waals surface area contributed by atoms with Crippen molar-refractivity contribution in [3.05, 3.63) is 17.0 Å². The maximum Gasteiger partial charge on any atom is 0.158 e. The van der Waals surface area contributed by atoms with Gasteiger partial charge in [0.15, 0.2) is 5.82 Å². The molecule has 1 aromatic rings. The number of ether oxygens (including phenoxy) is 1. The topological polar surface area (TPSA) is 47.0 Å². The predicted octanol–water partition coefficient (Wildman–Crippen LogP) is 3.80. The fourth-order valence-corrected chi connectivity index (χ4v) is 2.63. The summed E-state index contributed by atoms with van der Waals surface area (Å²) in [5.41, 5.74) is 0. The summed E-state index contributed by atoms with van der Waals surface area (Å²) in [6.07, 6.45) is 7.70. The average molecular weight is 284 g/mol. The minimum atomic E-state index is 0.413. The van der Waals surface area contributed by atoms with Crippen LogP contribution in [0.3, 0.4) is 0 Å². The van der Waals surface area contributed by atoms with Gasteiger partial charge in [-0.15, -0.1) is 0 Å². The van der Waals surface area contributed by atoms with E-state index in [2.05, 4.69) is 15.3 Å². The molecule has 0 saturated heterocycles. The number of nitrogens with one attached hydrogen (secondary N) is 1. The number of rotatable bonds is 5. The summed E-state index contributed by atoms with van der Waals surface area (Å²) in [6, 6.07) is 2.30. The first kappa shape index (κ1) is 14.5. The lowest BCUT2D eigenvalue weighted by Gasteiger charge is -2.17. The van der Waals surface area contributed by atoms with Crippen molar-refractivity contribution in [2.75, 3.05) is 11.9 Å². The van der Waals surface area contributed by atoms with E-state index < -0.39 is 0 Å². The molecule has 1 heterocycles. The molecule has 1 aromatic heterocycles. The minimum Gasteiger partial charge on any atom is -0.374 e. The molecule has 19 heavy (non-hydrogen) atoms. The van der Waals surface area contributed by atoms with E-state index in [1.807, 2.05) is 6.92 Å². The smallest absolute Gasteiger partial charge is 0.158 e. The van der Waals surface area contributed by atoms with Crippen LogP contribution in [0.2, 0.25) is 5.15 Å². The second-order valence-electron chi connectivity index (χ2n) is 4.96. The summed E-state index contributed by atoms with van der Waals surface area (Å²) in [4.78, 5) is 8.64. The Morgan fingerprint density at radius 1 is 1.26 bits per heavy atom. The summed E-state index contributed by atoms with van der Waals surface area (Å²) in [6.45, 7) is 3.02. The molecule has 2 rings (SSSR count). The highest BCUT2D eigenvalue weighted by atomic mass is 35.5. The normalized spacial score (nSPS) is 17.2. The Labute approximate surface area is 119 Å². The molecule has 4 nitrogen and oxygen atoms in total. The first-order chi connectivity index (χ1) is 9.28. The zero-order valence-electron chi connectivity index (χ0n) is 11.5. The molecule has 1 N–H and O–H groups in total. The van der Waals surface area contributed by atoms with E-state index in [0.29, 0.717) is 30.2 Å². The Bertz CT molecular complexity index is 392. The van der Waals surface area contributed by atoms with Crippen LogP contribution in [0.5, 0.6) is 0 Å². The van der Waals surface area contributed by atoms with Crippen molar-refractivity contribution in [2.45, 2.75) is 58.1 Å². The van der Waals surface area contributed by atoms with Gasteiger partial charge in [-0.2, -0.15) is 0 Å². The molecule has 1 aliphatic rings. The third kappa shape index (κ3) is 4.96. The molecule has 0 unspecified atom stereocenters. The fourth-order valence-electron chi connectivity index (χ4n) is 2.43. The molecule has 1 aliphatic carbocycles. The lowest BCUT2D eigenvalue weighted by molar-refractivity contribution is 0.128. The van der Waals surface area contributed by atoms with Crippen molar-refractivity contribution in [3.63, 3.8) is 0 Å². The second kappa shape index (κ2) is 7.65. The van der Waals surface area contributed by atoms with Crippen molar-refractivity contribution in [1.29, 1.82) is 0 Å². The van der Waals surface area contributed by atoms with Crippen LogP contribution >= 0.6 is 11.6 Å². The lowest BCUT2D eigenvalue weighted by atomic mass is 10.1. The van der Waals surface area contributed by atoms with E-state index in [1.165, 1.54) is 38.5 Å². The van der Waals surface area contributed by atoms with Crippen LogP contribution in [0.25, 0.3) is 0 Å². The van der Waals surface area contributed by atoms with Gasteiger partial charge in [0.2, 0.25) is 0 Å². The monoisotopic (exact) mass is 283 g/mol. The maximum atomic E-state index is 6.03. The number of nitrogens with zero attached hydrogens (tertiary/aromatic N) is 2. The first-order valence-corrected chi connectivity index (χ1v) is 7.53. The summed E-state index contributed by atoms with van der Waals surface area (Å²) in [5.74, 6) is 1.46. The Kier molecular flexibility index (Phi) is 5.86. The molecule has 0 radical (unpaired) electrons. The molecular formula is C14H22ClN3O. The molecule has 106 valence electrons. The number of aromatic nitrogens is 2. The van der Waals surface area contributed by atoms with Crippen molar-refractivity contribution >= 4 is 17.4 Å². The van der Waals surface area contributed by atoms with E-state index >= 15 is 0 Å². The number of halogens is 1. The Hall–Kier alpha value is -0.870. The van der Waals surface area contributed by atoms with Gasteiger partial charge in [-0.1, -0.05) is 37.3 Å². The summed E-state index contributed by atoms with van der Waals surface area (Å²) in [7, 11) is 0. The van der Waals surface area contributed by atoms with E-state index in [-0.39, 0.29) is 0 Å². The van der Waals surface area contributed by atoms with Crippen LogP contribution in [-0.4, -0.2) is 22.6 Å². The van der Waals surface area contributed by atoms with E-state index in [1.54, 1.807) is 6.07 Å². The van der Waals surface area contributed by atoms with Crippen LogP contribution in [0.15, 0.2) is 6.07 Å². The van der Waals surface area contributed by atoms with Gasteiger partial charge in [0.25, 0.3) is 0 Å². The highest BCUT2D eigenvalue weighted by molar-refractivity contribution is 6.29. The first-order valence-electron chi connectivity index (χ1n) is 7.15. The molecular weight excluding hydrogens is 262 g/mol. The van der Waals surface area contributed by atoms with Crippen molar-refractivity contribution < 1.29 is 4.74 Å². The molecule has 5 heteroatoms. The molecule has 0 aliphatic heterocycles. The molecule has 0 atom stereocenters. The Morgan fingerprint density at radius 2 is 2.00 bits per heavy atom. The molecule has 0 bridgehead atoms. The number of hydrogen-bond donors (Lipinski definition) is 1. The lowest BCUT2D eigenvalue weighted by Crippen LogP contribution is -2.19. The molecule has 0 aromatic carbocycles. The molecule has 0 amide bonds. The predicted molar refractivity (Wildman–Crippen MR) is 77.5 cm³/mol. The largest absolute Gasteiger partial charge is 0.374 e. The van der Waals surface area contributed by atoms with Crippen LogP contribution in [-0.2, 0) is 11.3 Å². The van der Waals surface area contributed by atoms with Gasteiger partial charge in [0.05, 0.1) is 0 Å². The highest BCUT2D eigenvalue weighted by Crippen LogP contribution is 2.21. The standard InChI is InChI=1S/C14H22ClN3O/c1-2-19-10-14-17-12(15)9-13(18-14)16-11-7-5-3-4-6-8-11/h9,11H,2-8,10H2,1H3,(H,16,17,18). The van der Waals surface area contributed by atoms with Gasteiger partial charge in [-0.05, 0) is 19.8 Å². The highest BCUT2D eigenvalue weighted by Gasteiger charge is 2.13. The summed E-state index contributed by atoms with van der Waals surface area (Å²) in [5, 5.41) is 3.96. The van der Waals surface area contributed by atoms with Gasteiger partial charge in [0.1, 0.15) is 17.6 Å². The number of hydrogen-bond acceptors (Lipinski definition) is 4. The van der Waals surface area contributed by atoms with Gasteiger partial charge in [0, 0.05) is 18.7 Å². The molecule has 1 saturated carbocycles. The molecule has 0 spiro atoms. The fraction of sp³-hybridized carbons (Fsp3) is 0.714. The van der Waals surface area contributed by atoms with Gasteiger partial charge < -0.3 is 10.1 Å². The maximum absolute atomic E-state index is 6.03. The second-order valence-corrected chi connectivity index (χ2v) is 5.35. The van der Waals surface area contributed by atoms with Crippen LogP contribution in [0, 0.1) is 0 Å². The summed E-state index contributed by atoms with van der Waals surface area (Å²) < 4.78 is 5.33. The van der Waals surface area contributed by atoms with E-state index in [9.17, 15) is 0 Å². The zero-order valence-corrected chi connectivity index (χ0v) is 12.2. The van der Waals surface area contributed by atoms with Crippen LogP contribution in [0.4, 0.5) is 5.82 Å².